The first-order valence-electron chi connectivity index (χ1n) is 7.57. The van der Waals surface area contributed by atoms with E-state index in [1.54, 1.807) is 6.92 Å². The second-order valence-corrected chi connectivity index (χ2v) is 7.39. The minimum Gasteiger partial charge on any atom is -0.343 e. The number of rotatable bonds is 2. The van der Waals surface area contributed by atoms with Crippen LogP contribution in [0.4, 0.5) is 0 Å². The Hall–Kier alpha value is -0.710. The summed E-state index contributed by atoms with van der Waals surface area (Å²) in [5.74, 6) is 1.35. The van der Waals surface area contributed by atoms with Crippen molar-refractivity contribution in [1.29, 1.82) is 0 Å². The fourth-order valence-electron chi connectivity index (χ4n) is 3.18. The highest BCUT2D eigenvalue weighted by atomic mass is 35.5. The van der Waals surface area contributed by atoms with Gasteiger partial charge in [0.05, 0.1) is 0 Å². The molecule has 114 valence electrons. The highest BCUT2D eigenvalue weighted by Crippen LogP contribution is 2.38. The Labute approximate surface area is 135 Å². The molecule has 0 aromatic heterocycles. The summed E-state index contributed by atoms with van der Waals surface area (Å²) in [7, 11) is 0. The van der Waals surface area contributed by atoms with Crippen LogP contribution in [-0.2, 0) is 4.79 Å². The zero-order chi connectivity index (χ0) is 14.8. The van der Waals surface area contributed by atoms with Crippen molar-refractivity contribution in [2.24, 2.45) is 0 Å². The number of thioether (sulfide) groups is 1. The molecule has 3 nitrogen and oxygen atoms in total. The maximum Gasteiger partial charge on any atom is 0.219 e. The molecule has 1 unspecified atom stereocenters. The van der Waals surface area contributed by atoms with Gasteiger partial charge in [-0.05, 0) is 48.8 Å². The molecule has 0 bridgehead atoms. The van der Waals surface area contributed by atoms with Crippen LogP contribution in [0.25, 0.3) is 0 Å². The smallest absolute Gasteiger partial charge is 0.219 e. The average molecular weight is 325 g/mol. The van der Waals surface area contributed by atoms with Gasteiger partial charge in [-0.1, -0.05) is 11.6 Å². The lowest BCUT2D eigenvalue weighted by Crippen LogP contribution is -2.45. The number of fused-ring (bicyclic) bond motifs is 1. The van der Waals surface area contributed by atoms with Crippen LogP contribution in [0.3, 0.4) is 0 Å². The number of nitrogens with zero attached hydrogens (tertiary/aromatic N) is 1. The molecule has 1 fully saturated rings. The summed E-state index contributed by atoms with van der Waals surface area (Å²) in [6.45, 7) is 3.40. The van der Waals surface area contributed by atoms with Gasteiger partial charge in [-0.25, -0.2) is 0 Å². The second-order valence-electron chi connectivity index (χ2n) is 5.82. The topological polar surface area (TPSA) is 32.3 Å². The largest absolute Gasteiger partial charge is 0.343 e. The fraction of sp³-hybridized carbons (Fsp3) is 0.562. The third kappa shape index (κ3) is 3.55. The van der Waals surface area contributed by atoms with Crippen molar-refractivity contribution in [3.05, 3.63) is 28.8 Å². The lowest BCUT2D eigenvalue weighted by atomic mass is 9.99. The predicted molar refractivity (Wildman–Crippen MR) is 87.9 cm³/mol. The Morgan fingerprint density at radius 1 is 1.33 bits per heavy atom. The number of hydrogen-bond donors (Lipinski definition) is 1. The van der Waals surface area contributed by atoms with Crippen LogP contribution in [-0.4, -0.2) is 35.7 Å². The van der Waals surface area contributed by atoms with E-state index in [4.69, 9.17) is 11.6 Å². The molecular formula is C16H21ClN2OS. The number of halogens is 1. The van der Waals surface area contributed by atoms with E-state index in [0.29, 0.717) is 12.1 Å². The molecule has 1 saturated heterocycles. The van der Waals surface area contributed by atoms with Crippen LogP contribution in [0.15, 0.2) is 23.1 Å². The fourth-order valence-corrected chi connectivity index (χ4v) is 4.47. The minimum atomic E-state index is 0.194. The Kier molecular flexibility index (Phi) is 4.77. The quantitative estimate of drug-likeness (QED) is 0.904. The monoisotopic (exact) mass is 324 g/mol. The summed E-state index contributed by atoms with van der Waals surface area (Å²) in [6.07, 6.45) is 3.23. The summed E-state index contributed by atoms with van der Waals surface area (Å²) in [5.41, 5.74) is 1.34. The van der Waals surface area contributed by atoms with Gasteiger partial charge in [-0.3, -0.25) is 4.79 Å². The number of benzene rings is 1. The van der Waals surface area contributed by atoms with Gasteiger partial charge < -0.3 is 10.2 Å². The number of hydrogen-bond acceptors (Lipinski definition) is 3. The second kappa shape index (κ2) is 6.59. The lowest BCUT2D eigenvalue weighted by Gasteiger charge is -2.35. The third-order valence-electron chi connectivity index (χ3n) is 4.39. The molecule has 1 aromatic carbocycles. The van der Waals surface area contributed by atoms with Crippen LogP contribution < -0.4 is 5.32 Å². The van der Waals surface area contributed by atoms with Crippen molar-refractivity contribution >= 4 is 29.3 Å². The molecule has 0 radical (unpaired) electrons. The first kappa shape index (κ1) is 15.2. The summed E-state index contributed by atoms with van der Waals surface area (Å²) in [6, 6.07) is 7.11. The molecule has 21 heavy (non-hydrogen) atoms. The van der Waals surface area contributed by atoms with Gasteiger partial charge in [0.1, 0.15) is 0 Å². The standard InChI is InChI=1S/C16H21ClN2OS/c1-11(20)19-7-4-13(5-8-19)18-15-6-9-21-16-3-2-12(17)10-14(15)16/h2-3,10,13,15,18H,4-9H2,1H3. The van der Waals surface area contributed by atoms with E-state index in [0.717, 1.165) is 43.1 Å². The normalized spacial score (nSPS) is 23.0. The van der Waals surface area contributed by atoms with E-state index in [9.17, 15) is 4.79 Å². The molecule has 2 aliphatic heterocycles. The zero-order valence-corrected chi connectivity index (χ0v) is 13.8. The summed E-state index contributed by atoms with van der Waals surface area (Å²) in [4.78, 5) is 14.7. The van der Waals surface area contributed by atoms with E-state index in [1.165, 1.54) is 10.5 Å². The minimum absolute atomic E-state index is 0.194. The van der Waals surface area contributed by atoms with Gasteiger partial charge in [-0.2, -0.15) is 0 Å². The molecule has 0 spiro atoms. The van der Waals surface area contributed by atoms with E-state index in [-0.39, 0.29) is 5.91 Å². The first-order valence-corrected chi connectivity index (χ1v) is 8.93. The Bertz CT molecular complexity index is 529. The van der Waals surface area contributed by atoms with E-state index >= 15 is 0 Å². The van der Waals surface area contributed by atoms with Crippen LogP contribution in [0.1, 0.15) is 37.8 Å². The van der Waals surface area contributed by atoms with Gasteiger partial charge in [0.15, 0.2) is 0 Å². The lowest BCUT2D eigenvalue weighted by molar-refractivity contribution is -0.129. The van der Waals surface area contributed by atoms with E-state index in [2.05, 4.69) is 17.4 Å². The maximum absolute atomic E-state index is 11.4. The molecule has 2 heterocycles. The zero-order valence-electron chi connectivity index (χ0n) is 12.3. The van der Waals surface area contributed by atoms with Crippen molar-refractivity contribution in [3.8, 4) is 0 Å². The van der Waals surface area contributed by atoms with Gasteiger partial charge in [0, 0.05) is 42.0 Å². The number of likely N-dealkylation sites (tertiary alicyclic amines) is 1. The molecule has 1 amide bonds. The Balaban J connectivity index is 1.65. The predicted octanol–water partition coefficient (Wildman–Crippen LogP) is 3.48. The van der Waals surface area contributed by atoms with Crippen LogP contribution >= 0.6 is 23.4 Å². The summed E-state index contributed by atoms with van der Waals surface area (Å²) < 4.78 is 0. The molecular weight excluding hydrogens is 304 g/mol. The summed E-state index contributed by atoms with van der Waals surface area (Å²) in [5, 5.41) is 4.61. The molecule has 0 aliphatic carbocycles. The highest BCUT2D eigenvalue weighted by Gasteiger charge is 2.26. The molecule has 3 rings (SSSR count). The molecule has 1 atom stereocenters. The number of piperidine rings is 1. The number of nitrogens with one attached hydrogen (secondary N) is 1. The van der Waals surface area contributed by atoms with Crippen molar-refractivity contribution in [2.45, 2.75) is 43.2 Å². The highest BCUT2D eigenvalue weighted by molar-refractivity contribution is 7.99. The van der Waals surface area contributed by atoms with Gasteiger partial charge in [0.2, 0.25) is 5.91 Å². The van der Waals surface area contributed by atoms with Gasteiger partial charge in [0.25, 0.3) is 0 Å². The SMILES string of the molecule is CC(=O)N1CCC(NC2CCSc3ccc(Cl)cc32)CC1. The Morgan fingerprint density at radius 3 is 2.81 bits per heavy atom. The van der Waals surface area contributed by atoms with Crippen LogP contribution in [0.5, 0.6) is 0 Å². The van der Waals surface area contributed by atoms with Crippen LogP contribution in [0.2, 0.25) is 5.02 Å². The average Bonchev–Trinajstić information content (AvgIpc) is 2.48. The number of amides is 1. The molecule has 0 saturated carbocycles. The molecule has 5 heteroatoms. The third-order valence-corrected chi connectivity index (χ3v) is 5.75. The summed E-state index contributed by atoms with van der Waals surface area (Å²) >= 11 is 8.07. The first-order chi connectivity index (χ1) is 10.1. The van der Waals surface area contributed by atoms with E-state index in [1.807, 2.05) is 22.7 Å². The van der Waals surface area contributed by atoms with Crippen molar-refractivity contribution in [3.63, 3.8) is 0 Å². The van der Waals surface area contributed by atoms with Crippen LogP contribution in [0, 0.1) is 0 Å². The van der Waals surface area contributed by atoms with Crippen molar-refractivity contribution in [1.82, 2.24) is 10.2 Å². The van der Waals surface area contributed by atoms with Crippen molar-refractivity contribution in [2.75, 3.05) is 18.8 Å². The van der Waals surface area contributed by atoms with Gasteiger partial charge in [-0.15, -0.1) is 11.8 Å². The maximum atomic E-state index is 11.4. The molecule has 1 N–H and O–H groups in total. The van der Waals surface area contributed by atoms with Gasteiger partial charge >= 0.3 is 0 Å². The van der Waals surface area contributed by atoms with Crippen molar-refractivity contribution < 1.29 is 4.79 Å². The molecule has 2 aliphatic rings. The number of carbonyl (C=O) groups excluding carboxylic acids is 1. The molecule has 1 aromatic rings. The number of carbonyl (C=O) groups is 1. The van der Waals surface area contributed by atoms with E-state index < -0.39 is 0 Å². The Morgan fingerprint density at radius 2 is 2.10 bits per heavy atom.